The zero-order valence-corrected chi connectivity index (χ0v) is 24.2. The van der Waals surface area contributed by atoms with Gasteiger partial charge in [-0.2, -0.15) is 0 Å². The maximum atomic E-state index is 12.4. The lowest BCUT2D eigenvalue weighted by molar-refractivity contribution is -0.146. The number of rotatable bonds is 8. The number of nitrogens with one attached hydrogen (secondary N) is 2. The van der Waals surface area contributed by atoms with E-state index in [1.807, 2.05) is 45.0 Å². The molecule has 2 aromatic heterocycles. The molecule has 5 rings (SSSR count). The topological polar surface area (TPSA) is 90.6 Å². The summed E-state index contributed by atoms with van der Waals surface area (Å²) in [6.45, 7) is 13.3. The lowest BCUT2D eigenvalue weighted by Gasteiger charge is -2.34. The molecule has 0 atom stereocenters. The molecule has 1 aliphatic rings. The first kappa shape index (κ1) is 28.1. The van der Waals surface area contributed by atoms with Gasteiger partial charge in [0.2, 0.25) is 5.91 Å². The number of carbonyl (C=O) groups is 2. The molecule has 0 bridgehead atoms. The van der Waals surface area contributed by atoms with Crippen LogP contribution in [0.1, 0.15) is 25.0 Å². The molecule has 4 aromatic rings. The molecule has 1 fully saturated rings. The number of amides is 1. The quantitative estimate of drug-likeness (QED) is 0.220. The van der Waals surface area contributed by atoms with E-state index in [-0.39, 0.29) is 24.4 Å². The normalized spacial score (nSPS) is 13.9. The monoisotopic (exact) mass is 551 g/mol. The van der Waals surface area contributed by atoms with E-state index in [0.717, 1.165) is 70.7 Å². The van der Waals surface area contributed by atoms with Crippen molar-refractivity contribution in [3.63, 3.8) is 0 Å². The molecular formula is C33H37N5O3. The Bertz CT molecular complexity index is 1580. The van der Waals surface area contributed by atoms with Crippen LogP contribution in [0.4, 0.5) is 11.4 Å². The number of fused-ring (bicyclic) bond motifs is 1. The summed E-state index contributed by atoms with van der Waals surface area (Å²) in [7, 11) is 2.16. The first-order chi connectivity index (χ1) is 19.7. The Morgan fingerprint density at radius 2 is 1.78 bits per heavy atom. The number of H-pyrrole nitrogens is 1. The Hall–Kier alpha value is -4.43. The first-order valence-electron chi connectivity index (χ1n) is 14.0. The molecule has 212 valence electrons. The van der Waals surface area contributed by atoms with Crippen molar-refractivity contribution in [2.45, 2.75) is 33.3 Å². The Balaban J connectivity index is 1.59. The van der Waals surface area contributed by atoms with E-state index in [1.54, 1.807) is 6.20 Å². The summed E-state index contributed by atoms with van der Waals surface area (Å²) >= 11 is 0. The van der Waals surface area contributed by atoms with Crippen molar-refractivity contribution in [2.24, 2.45) is 0 Å². The van der Waals surface area contributed by atoms with Gasteiger partial charge in [-0.15, -0.1) is 0 Å². The van der Waals surface area contributed by atoms with E-state index in [2.05, 4.69) is 63.0 Å². The van der Waals surface area contributed by atoms with E-state index in [9.17, 15) is 9.59 Å². The number of anilines is 2. The minimum Gasteiger partial charge on any atom is -0.463 e. The summed E-state index contributed by atoms with van der Waals surface area (Å²) < 4.78 is 5.37. The Morgan fingerprint density at radius 1 is 1.07 bits per heavy atom. The van der Waals surface area contributed by atoms with Crippen LogP contribution in [-0.4, -0.2) is 66.1 Å². The molecule has 8 nitrogen and oxygen atoms in total. The number of benzene rings is 2. The number of esters is 1. The average molecular weight is 552 g/mol. The highest BCUT2D eigenvalue weighted by Crippen LogP contribution is 2.40. The van der Waals surface area contributed by atoms with Crippen molar-refractivity contribution in [1.82, 2.24) is 14.9 Å². The third-order valence-electron chi connectivity index (χ3n) is 7.42. The van der Waals surface area contributed by atoms with Gasteiger partial charge < -0.3 is 24.8 Å². The number of aromatic amines is 1. The van der Waals surface area contributed by atoms with Crippen molar-refractivity contribution < 1.29 is 14.3 Å². The highest BCUT2D eigenvalue weighted by molar-refractivity contribution is 6.04. The highest BCUT2D eigenvalue weighted by atomic mass is 16.5. The second-order valence-corrected chi connectivity index (χ2v) is 10.9. The van der Waals surface area contributed by atoms with E-state index < -0.39 is 0 Å². The number of ether oxygens (including phenoxy) is 1. The molecule has 1 amide bonds. The van der Waals surface area contributed by atoms with E-state index in [4.69, 9.17) is 4.74 Å². The van der Waals surface area contributed by atoms with Gasteiger partial charge in [-0.25, -0.2) is 4.98 Å². The van der Waals surface area contributed by atoms with Crippen molar-refractivity contribution in [3.8, 4) is 22.4 Å². The summed E-state index contributed by atoms with van der Waals surface area (Å²) in [5, 5.41) is 3.81. The van der Waals surface area contributed by atoms with Gasteiger partial charge in [0.1, 0.15) is 5.65 Å². The molecule has 8 heteroatoms. The number of aryl methyl sites for hydroxylation is 1. The molecule has 0 radical (unpaired) electrons. The summed E-state index contributed by atoms with van der Waals surface area (Å²) in [6.07, 6.45) is 2.93. The molecule has 3 heterocycles. The fourth-order valence-corrected chi connectivity index (χ4v) is 5.20. The van der Waals surface area contributed by atoms with Gasteiger partial charge in [0.25, 0.3) is 0 Å². The molecule has 1 saturated heterocycles. The van der Waals surface area contributed by atoms with Crippen LogP contribution < -0.4 is 10.2 Å². The molecule has 2 aromatic carbocycles. The SMILES string of the molecule is C=CC(=O)Nc1cc(-c2c(-c3ccc(N4CCN(C)CC4)cc3)[nH]c3ncc(CC(=O)OC(C)C)cc23)ccc1C. The molecular weight excluding hydrogens is 514 g/mol. The van der Waals surface area contributed by atoms with Crippen LogP contribution in [0.5, 0.6) is 0 Å². The largest absolute Gasteiger partial charge is 0.463 e. The predicted octanol–water partition coefficient (Wildman–Crippen LogP) is 5.58. The van der Waals surface area contributed by atoms with Crippen molar-refractivity contribution in [1.29, 1.82) is 0 Å². The number of likely N-dealkylation sites (N-methyl/N-ethyl adjacent to an activating group) is 1. The lowest BCUT2D eigenvalue weighted by atomic mass is 9.96. The number of piperazine rings is 1. The number of aromatic nitrogens is 2. The minimum atomic E-state index is -0.289. The predicted molar refractivity (Wildman–Crippen MR) is 165 cm³/mol. The Morgan fingerprint density at radius 3 is 2.46 bits per heavy atom. The smallest absolute Gasteiger partial charge is 0.310 e. The second-order valence-electron chi connectivity index (χ2n) is 10.9. The molecule has 41 heavy (non-hydrogen) atoms. The number of pyridine rings is 1. The van der Waals surface area contributed by atoms with Crippen molar-refractivity contribution >= 4 is 34.3 Å². The number of hydrogen-bond acceptors (Lipinski definition) is 6. The molecule has 0 saturated carbocycles. The van der Waals surface area contributed by atoms with Crippen LogP contribution in [0.25, 0.3) is 33.4 Å². The van der Waals surface area contributed by atoms with Crippen LogP contribution >= 0.6 is 0 Å². The summed E-state index contributed by atoms with van der Waals surface area (Å²) in [5.41, 5.74) is 8.16. The maximum absolute atomic E-state index is 12.4. The Kier molecular flexibility index (Phi) is 8.21. The zero-order chi connectivity index (χ0) is 29.1. The van der Waals surface area contributed by atoms with Crippen LogP contribution in [0, 0.1) is 6.92 Å². The van der Waals surface area contributed by atoms with Gasteiger partial charge in [0.15, 0.2) is 0 Å². The van der Waals surface area contributed by atoms with E-state index in [0.29, 0.717) is 5.69 Å². The summed E-state index contributed by atoms with van der Waals surface area (Å²) in [5.74, 6) is -0.556. The Labute approximate surface area is 241 Å². The van der Waals surface area contributed by atoms with E-state index in [1.165, 1.54) is 11.8 Å². The average Bonchev–Trinajstić information content (AvgIpc) is 3.33. The summed E-state index contributed by atoms with van der Waals surface area (Å²) in [4.78, 5) is 37.5. The molecule has 1 aliphatic heterocycles. The number of carbonyl (C=O) groups excluding carboxylic acids is 2. The van der Waals surface area contributed by atoms with Gasteiger partial charge in [0.05, 0.1) is 18.2 Å². The van der Waals surface area contributed by atoms with Gasteiger partial charge in [0, 0.05) is 54.7 Å². The lowest BCUT2D eigenvalue weighted by Crippen LogP contribution is -2.44. The maximum Gasteiger partial charge on any atom is 0.310 e. The van der Waals surface area contributed by atoms with Crippen molar-refractivity contribution in [3.05, 3.63) is 78.5 Å². The van der Waals surface area contributed by atoms with Crippen molar-refractivity contribution in [2.75, 3.05) is 43.4 Å². The van der Waals surface area contributed by atoms with Crippen LogP contribution in [0.3, 0.4) is 0 Å². The third kappa shape index (κ3) is 6.33. The number of nitrogens with zero attached hydrogens (tertiary/aromatic N) is 3. The summed E-state index contributed by atoms with van der Waals surface area (Å²) in [6, 6.07) is 16.6. The molecule has 0 aliphatic carbocycles. The molecule has 0 spiro atoms. The third-order valence-corrected chi connectivity index (χ3v) is 7.42. The molecule has 2 N–H and O–H groups in total. The van der Waals surface area contributed by atoms with Gasteiger partial charge >= 0.3 is 5.97 Å². The van der Waals surface area contributed by atoms with Crippen LogP contribution in [-0.2, 0) is 20.7 Å². The van der Waals surface area contributed by atoms with Gasteiger partial charge in [-0.3, -0.25) is 9.59 Å². The second kappa shape index (κ2) is 12.0. The minimum absolute atomic E-state index is 0.134. The van der Waals surface area contributed by atoms with E-state index >= 15 is 0 Å². The van der Waals surface area contributed by atoms with Gasteiger partial charge in [-0.1, -0.05) is 30.8 Å². The fourth-order valence-electron chi connectivity index (χ4n) is 5.20. The fraction of sp³-hybridized carbons (Fsp3) is 0.303. The zero-order valence-electron chi connectivity index (χ0n) is 24.2. The number of hydrogen-bond donors (Lipinski definition) is 2. The van der Waals surface area contributed by atoms with Crippen LogP contribution in [0.2, 0.25) is 0 Å². The van der Waals surface area contributed by atoms with Gasteiger partial charge in [-0.05, 0) is 80.4 Å². The highest BCUT2D eigenvalue weighted by Gasteiger charge is 2.20. The standard InChI is InChI=1S/C33H37N5O3/c1-6-29(39)35-28-19-25(8-7-22(28)4)31-27-17-23(18-30(40)41-21(2)3)20-34-33(27)36-32(31)24-9-11-26(12-10-24)38-15-13-37(5)14-16-38/h6-12,17,19-21H,1,13-16,18H2,2-5H3,(H,34,36)(H,35,39). The molecule has 0 unspecified atom stereocenters. The first-order valence-corrected chi connectivity index (χ1v) is 14.0. The van der Waals surface area contributed by atoms with Crippen LogP contribution in [0.15, 0.2) is 67.4 Å².